The molecule has 4 heterocycles. The van der Waals surface area contributed by atoms with Crippen molar-refractivity contribution in [2.75, 3.05) is 16.7 Å². The van der Waals surface area contributed by atoms with Gasteiger partial charge < -0.3 is 9.87 Å². The van der Waals surface area contributed by atoms with Gasteiger partial charge in [-0.25, -0.2) is 4.52 Å². The molecule has 0 bridgehead atoms. The van der Waals surface area contributed by atoms with E-state index in [4.69, 9.17) is 0 Å². The smallest absolute Gasteiger partial charge is 0.247 e. The molecule has 0 aliphatic carbocycles. The van der Waals surface area contributed by atoms with Gasteiger partial charge in [-0.1, -0.05) is 0 Å². The van der Waals surface area contributed by atoms with Crippen molar-refractivity contribution in [2.45, 2.75) is 5.75 Å². The molecule has 0 saturated carbocycles. The Labute approximate surface area is 158 Å². The first-order chi connectivity index (χ1) is 13.1. The third kappa shape index (κ3) is 2.69. The van der Waals surface area contributed by atoms with E-state index in [0.29, 0.717) is 17.3 Å². The van der Waals surface area contributed by atoms with Crippen LogP contribution in [0.15, 0.2) is 43.0 Å². The average Bonchev–Trinajstić information content (AvgIpc) is 3.33. The SMILES string of the molecule is CN1c2ccc(Nc3nc4c(-c5cnn(C)c5)nccn4n3)cc2C[S+]1[O-]. The predicted octanol–water partition coefficient (Wildman–Crippen LogP) is 1.88. The van der Waals surface area contributed by atoms with Gasteiger partial charge in [-0.15, -0.1) is 5.10 Å². The van der Waals surface area contributed by atoms with Crippen LogP contribution in [0.2, 0.25) is 0 Å². The third-order valence-corrected chi connectivity index (χ3v) is 5.86. The summed E-state index contributed by atoms with van der Waals surface area (Å²) in [4.78, 5) is 9.02. The number of fused-ring (bicyclic) bond motifs is 2. The van der Waals surface area contributed by atoms with Crippen LogP contribution in [0.3, 0.4) is 0 Å². The van der Waals surface area contributed by atoms with Gasteiger partial charge in [0.05, 0.1) is 30.3 Å². The first kappa shape index (κ1) is 16.1. The van der Waals surface area contributed by atoms with Gasteiger partial charge in [-0.3, -0.25) is 9.67 Å². The summed E-state index contributed by atoms with van der Waals surface area (Å²) >= 11 is -1.000. The van der Waals surface area contributed by atoms with E-state index in [-0.39, 0.29) is 0 Å². The van der Waals surface area contributed by atoms with Crippen LogP contribution in [0.25, 0.3) is 16.9 Å². The number of nitrogens with zero attached hydrogens (tertiary/aromatic N) is 7. The van der Waals surface area contributed by atoms with E-state index in [2.05, 4.69) is 25.5 Å². The van der Waals surface area contributed by atoms with Gasteiger partial charge in [0.2, 0.25) is 5.95 Å². The second-order valence-corrected chi connectivity index (χ2v) is 7.79. The second kappa shape index (κ2) is 5.96. The molecule has 0 spiro atoms. The molecule has 0 amide bonds. The predicted molar refractivity (Wildman–Crippen MR) is 103 cm³/mol. The number of nitrogens with one attached hydrogen (secondary N) is 1. The summed E-state index contributed by atoms with van der Waals surface area (Å²) in [5.41, 5.74) is 5.14. The number of aryl methyl sites for hydroxylation is 1. The molecule has 1 aromatic carbocycles. The van der Waals surface area contributed by atoms with Crippen LogP contribution in [0, 0.1) is 0 Å². The quantitative estimate of drug-likeness (QED) is 0.542. The summed E-state index contributed by atoms with van der Waals surface area (Å²) in [6.07, 6.45) is 7.09. The first-order valence-electron chi connectivity index (χ1n) is 8.31. The maximum absolute atomic E-state index is 12.0. The number of aromatic nitrogens is 6. The summed E-state index contributed by atoms with van der Waals surface area (Å²) in [6, 6.07) is 5.88. The molecule has 10 heteroatoms. The fourth-order valence-corrected chi connectivity index (χ4v) is 4.26. The van der Waals surface area contributed by atoms with Crippen molar-refractivity contribution in [1.82, 2.24) is 29.4 Å². The summed E-state index contributed by atoms with van der Waals surface area (Å²) in [5.74, 6) is 0.996. The Kier molecular flexibility index (Phi) is 3.55. The molecule has 1 unspecified atom stereocenters. The van der Waals surface area contributed by atoms with Gasteiger partial charge in [0, 0.05) is 42.5 Å². The minimum absolute atomic E-state index is 0.473. The van der Waals surface area contributed by atoms with Crippen molar-refractivity contribution < 1.29 is 4.55 Å². The zero-order valence-corrected chi connectivity index (χ0v) is 15.5. The van der Waals surface area contributed by atoms with E-state index < -0.39 is 11.4 Å². The largest absolute Gasteiger partial charge is 0.593 e. The number of hydrogen-bond donors (Lipinski definition) is 1. The van der Waals surface area contributed by atoms with Gasteiger partial charge in [0.15, 0.2) is 11.4 Å². The molecular weight excluding hydrogens is 364 g/mol. The van der Waals surface area contributed by atoms with Crippen LogP contribution in [0.4, 0.5) is 17.3 Å². The van der Waals surface area contributed by atoms with E-state index in [9.17, 15) is 4.55 Å². The number of benzene rings is 1. The fourth-order valence-electron chi connectivity index (χ4n) is 3.17. The van der Waals surface area contributed by atoms with Crippen molar-refractivity contribution >= 4 is 34.3 Å². The van der Waals surface area contributed by atoms with E-state index in [1.807, 2.05) is 38.5 Å². The molecule has 1 atom stereocenters. The molecule has 1 aliphatic rings. The van der Waals surface area contributed by atoms with Crippen LogP contribution >= 0.6 is 0 Å². The lowest BCUT2D eigenvalue weighted by Crippen LogP contribution is -2.20. The molecule has 1 aliphatic heterocycles. The summed E-state index contributed by atoms with van der Waals surface area (Å²) in [6.45, 7) is 0. The lowest BCUT2D eigenvalue weighted by Gasteiger charge is -2.13. The maximum Gasteiger partial charge on any atom is 0.247 e. The van der Waals surface area contributed by atoms with E-state index in [1.165, 1.54) is 0 Å². The number of hydrogen-bond acceptors (Lipinski definition) is 7. The minimum atomic E-state index is -1.000. The Morgan fingerprint density at radius 2 is 2.15 bits per heavy atom. The molecule has 3 aromatic heterocycles. The first-order valence-corrected chi connectivity index (χ1v) is 9.58. The Balaban J connectivity index is 1.49. The van der Waals surface area contributed by atoms with E-state index in [0.717, 1.165) is 28.2 Å². The van der Waals surface area contributed by atoms with E-state index >= 15 is 0 Å². The zero-order chi connectivity index (χ0) is 18.5. The summed E-state index contributed by atoms with van der Waals surface area (Å²) in [5, 5.41) is 11.9. The topological polar surface area (TPSA) is 99.2 Å². The number of rotatable bonds is 3. The third-order valence-electron chi connectivity index (χ3n) is 4.49. The van der Waals surface area contributed by atoms with Crippen molar-refractivity contribution in [3.63, 3.8) is 0 Å². The molecule has 4 aromatic rings. The van der Waals surface area contributed by atoms with Gasteiger partial charge in [-0.2, -0.15) is 14.4 Å². The molecule has 0 fully saturated rings. The lowest BCUT2D eigenvalue weighted by molar-refractivity contribution is 0.595. The fraction of sp³-hybridized carbons (Fsp3) is 0.176. The standard InChI is InChI=1S/C17H16N8OS/c1-23-9-12(8-19-23)15-16-21-17(22-25(16)6-5-18-15)20-13-3-4-14-11(7-13)10-27(26)24(14)2/h3-9H,10H2,1-2H3,(H,20,22). The van der Waals surface area contributed by atoms with Crippen molar-refractivity contribution in [3.8, 4) is 11.3 Å². The Bertz CT molecular complexity index is 1150. The Morgan fingerprint density at radius 3 is 2.96 bits per heavy atom. The Morgan fingerprint density at radius 1 is 1.26 bits per heavy atom. The van der Waals surface area contributed by atoms with Crippen LogP contribution in [0.5, 0.6) is 0 Å². The monoisotopic (exact) mass is 380 g/mol. The van der Waals surface area contributed by atoms with Gasteiger partial charge in [-0.05, 0) is 18.2 Å². The normalized spacial score (nSPS) is 16.1. The molecule has 0 radical (unpaired) electrons. The highest BCUT2D eigenvalue weighted by Gasteiger charge is 2.28. The highest BCUT2D eigenvalue weighted by Crippen LogP contribution is 2.34. The maximum atomic E-state index is 12.0. The van der Waals surface area contributed by atoms with Gasteiger partial charge in [0.25, 0.3) is 0 Å². The summed E-state index contributed by atoms with van der Waals surface area (Å²) in [7, 11) is 3.70. The molecule has 9 nitrogen and oxygen atoms in total. The van der Waals surface area contributed by atoms with Crippen molar-refractivity contribution in [3.05, 3.63) is 48.5 Å². The molecular formula is C17H16N8OS. The van der Waals surface area contributed by atoms with Crippen LogP contribution in [-0.2, 0) is 24.2 Å². The highest BCUT2D eigenvalue weighted by atomic mass is 32.2. The molecule has 0 saturated heterocycles. The minimum Gasteiger partial charge on any atom is -0.593 e. The summed E-state index contributed by atoms with van der Waals surface area (Å²) < 4.78 is 17.2. The second-order valence-electron chi connectivity index (χ2n) is 6.31. The highest BCUT2D eigenvalue weighted by molar-refractivity contribution is 7.92. The molecule has 136 valence electrons. The average molecular weight is 380 g/mol. The Hall–Kier alpha value is -3.11. The molecule has 27 heavy (non-hydrogen) atoms. The van der Waals surface area contributed by atoms with Crippen molar-refractivity contribution in [2.24, 2.45) is 7.05 Å². The molecule has 5 rings (SSSR count). The van der Waals surface area contributed by atoms with Crippen LogP contribution < -0.4 is 9.62 Å². The van der Waals surface area contributed by atoms with Crippen LogP contribution in [0.1, 0.15) is 5.56 Å². The van der Waals surface area contributed by atoms with Crippen LogP contribution in [-0.4, -0.2) is 41.0 Å². The molecule has 1 N–H and O–H groups in total. The van der Waals surface area contributed by atoms with Gasteiger partial charge >= 0.3 is 0 Å². The lowest BCUT2D eigenvalue weighted by atomic mass is 10.2. The van der Waals surface area contributed by atoms with Crippen molar-refractivity contribution in [1.29, 1.82) is 0 Å². The number of anilines is 3. The zero-order valence-electron chi connectivity index (χ0n) is 14.7. The van der Waals surface area contributed by atoms with E-state index in [1.54, 1.807) is 32.1 Å². The van der Waals surface area contributed by atoms with Gasteiger partial charge in [0.1, 0.15) is 5.69 Å².